The summed E-state index contributed by atoms with van der Waals surface area (Å²) in [7, 11) is 0. The number of aliphatic carboxylic acids is 1. The number of aromatic nitrogens is 2. The predicted octanol–water partition coefficient (Wildman–Crippen LogP) is 4.31. The van der Waals surface area contributed by atoms with Gasteiger partial charge in [-0.2, -0.15) is 4.98 Å². The quantitative estimate of drug-likeness (QED) is 0.617. The number of carboxylic acid groups (broad SMARTS) is 1. The molecular weight excluding hydrogens is 370 g/mol. The molecule has 1 aromatic carbocycles. The van der Waals surface area contributed by atoms with E-state index in [1.807, 2.05) is 30.3 Å². The fraction of sp³-hybridized carbons (Fsp3) is 0.545. The van der Waals surface area contributed by atoms with E-state index in [1.54, 1.807) is 0 Å². The van der Waals surface area contributed by atoms with Gasteiger partial charge in [-0.1, -0.05) is 80.4 Å². The van der Waals surface area contributed by atoms with Crippen LogP contribution >= 0.6 is 0 Å². The second-order valence-corrected chi connectivity index (χ2v) is 7.85. The molecule has 2 N–H and O–H groups in total. The summed E-state index contributed by atoms with van der Waals surface area (Å²) < 4.78 is 5.26. The second kappa shape index (κ2) is 10.7. The SMILES string of the molecule is O=C(O)C[C@@H](CCCC1CCCCC1)c1nc(C(=O)NCc2ccccc2)no1. The van der Waals surface area contributed by atoms with Crippen LogP contribution in [0.3, 0.4) is 0 Å². The fourth-order valence-electron chi connectivity index (χ4n) is 4.00. The maximum absolute atomic E-state index is 12.3. The number of nitrogens with one attached hydrogen (secondary N) is 1. The Labute approximate surface area is 170 Å². The summed E-state index contributed by atoms with van der Waals surface area (Å²) in [5.41, 5.74) is 0.969. The molecule has 0 radical (unpaired) electrons. The van der Waals surface area contributed by atoms with Gasteiger partial charge in [0.05, 0.1) is 6.42 Å². The van der Waals surface area contributed by atoms with E-state index in [2.05, 4.69) is 15.5 Å². The predicted molar refractivity (Wildman–Crippen MR) is 107 cm³/mol. The summed E-state index contributed by atoms with van der Waals surface area (Å²) in [6.45, 7) is 0.365. The van der Waals surface area contributed by atoms with Crippen molar-refractivity contribution in [3.8, 4) is 0 Å². The van der Waals surface area contributed by atoms with E-state index in [1.165, 1.54) is 32.1 Å². The van der Waals surface area contributed by atoms with Crippen molar-refractivity contribution in [3.63, 3.8) is 0 Å². The molecule has 0 bridgehead atoms. The van der Waals surface area contributed by atoms with E-state index in [0.29, 0.717) is 13.0 Å². The van der Waals surface area contributed by atoms with E-state index < -0.39 is 11.9 Å². The van der Waals surface area contributed by atoms with Crippen molar-refractivity contribution in [1.29, 1.82) is 0 Å². The minimum Gasteiger partial charge on any atom is -0.481 e. The molecule has 1 fully saturated rings. The molecule has 0 aliphatic heterocycles. The topological polar surface area (TPSA) is 105 Å². The smallest absolute Gasteiger partial charge is 0.304 e. The lowest BCUT2D eigenvalue weighted by molar-refractivity contribution is -0.137. The van der Waals surface area contributed by atoms with Gasteiger partial charge in [0.25, 0.3) is 11.7 Å². The average molecular weight is 399 g/mol. The monoisotopic (exact) mass is 399 g/mol. The van der Waals surface area contributed by atoms with Gasteiger partial charge in [0, 0.05) is 12.5 Å². The highest BCUT2D eigenvalue weighted by Crippen LogP contribution is 2.31. The zero-order chi connectivity index (χ0) is 20.5. The third-order valence-electron chi connectivity index (χ3n) is 5.60. The lowest BCUT2D eigenvalue weighted by Crippen LogP contribution is -2.24. The van der Waals surface area contributed by atoms with Crippen molar-refractivity contribution in [1.82, 2.24) is 15.5 Å². The summed E-state index contributed by atoms with van der Waals surface area (Å²) in [6.07, 6.45) is 9.12. The van der Waals surface area contributed by atoms with E-state index in [9.17, 15) is 14.7 Å². The first kappa shape index (κ1) is 21.0. The molecule has 7 nitrogen and oxygen atoms in total. The molecule has 1 atom stereocenters. The van der Waals surface area contributed by atoms with Crippen LogP contribution in [0.15, 0.2) is 34.9 Å². The van der Waals surface area contributed by atoms with Crippen molar-refractivity contribution in [2.24, 2.45) is 5.92 Å². The highest BCUT2D eigenvalue weighted by atomic mass is 16.5. The molecule has 0 unspecified atom stereocenters. The number of benzene rings is 1. The normalized spacial score (nSPS) is 15.7. The Hall–Kier alpha value is -2.70. The van der Waals surface area contributed by atoms with Gasteiger partial charge < -0.3 is 14.9 Å². The first-order chi connectivity index (χ1) is 14.1. The molecule has 2 aromatic rings. The van der Waals surface area contributed by atoms with Crippen LogP contribution in [-0.4, -0.2) is 27.1 Å². The molecule has 0 saturated heterocycles. The zero-order valence-electron chi connectivity index (χ0n) is 16.7. The van der Waals surface area contributed by atoms with Gasteiger partial charge in [0.2, 0.25) is 5.89 Å². The lowest BCUT2D eigenvalue weighted by atomic mass is 9.84. The largest absolute Gasteiger partial charge is 0.481 e. The molecule has 1 amide bonds. The van der Waals surface area contributed by atoms with Crippen molar-refractivity contribution in [2.75, 3.05) is 0 Å². The summed E-state index contributed by atoms with van der Waals surface area (Å²) in [5.74, 6) is -0.768. The van der Waals surface area contributed by atoms with Gasteiger partial charge in [-0.15, -0.1) is 0 Å². The molecule has 0 spiro atoms. The van der Waals surface area contributed by atoms with Crippen molar-refractivity contribution < 1.29 is 19.2 Å². The van der Waals surface area contributed by atoms with Gasteiger partial charge in [-0.05, 0) is 17.9 Å². The van der Waals surface area contributed by atoms with Crippen LogP contribution in [0.25, 0.3) is 0 Å². The Morgan fingerprint density at radius 2 is 1.93 bits per heavy atom. The van der Waals surface area contributed by atoms with Crippen LogP contribution in [-0.2, 0) is 11.3 Å². The van der Waals surface area contributed by atoms with Crippen LogP contribution in [0, 0.1) is 5.92 Å². The molecule has 156 valence electrons. The Kier molecular flexibility index (Phi) is 7.78. The van der Waals surface area contributed by atoms with Gasteiger partial charge in [0.1, 0.15) is 0 Å². The molecular formula is C22H29N3O4. The van der Waals surface area contributed by atoms with Crippen LogP contribution < -0.4 is 5.32 Å². The third-order valence-corrected chi connectivity index (χ3v) is 5.60. The second-order valence-electron chi connectivity index (χ2n) is 7.85. The Morgan fingerprint density at radius 3 is 2.66 bits per heavy atom. The highest BCUT2D eigenvalue weighted by Gasteiger charge is 2.24. The van der Waals surface area contributed by atoms with E-state index >= 15 is 0 Å². The van der Waals surface area contributed by atoms with Crippen molar-refractivity contribution >= 4 is 11.9 Å². The maximum Gasteiger partial charge on any atom is 0.304 e. The molecule has 3 rings (SSSR count). The summed E-state index contributed by atoms with van der Waals surface area (Å²) in [4.78, 5) is 27.8. The molecule has 1 aliphatic rings. The zero-order valence-corrected chi connectivity index (χ0v) is 16.7. The van der Waals surface area contributed by atoms with Crippen LogP contribution in [0.2, 0.25) is 0 Å². The highest BCUT2D eigenvalue weighted by molar-refractivity contribution is 5.90. The minimum absolute atomic E-state index is 0.0569. The summed E-state index contributed by atoms with van der Waals surface area (Å²) in [5, 5.41) is 15.8. The standard InChI is InChI=1S/C22H29N3O4/c26-19(27)14-18(13-7-12-16-8-3-1-4-9-16)22-24-20(25-29-22)21(28)23-15-17-10-5-2-6-11-17/h2,5-6,10-11,16,18H,1,3-4,7-9,12-15H2,(H,23,28)(H,26,27)/t18-/m1/s1. The molecule has 1 aliphatic carbocycles. The summed E-state index contributed by atoms with van der Waals surface area (Å²) >= 11 is 0. The Balaban J connectivity index is 1.54. The van der Waals surface area contributed by atoms with Crippen LogP contribution in [0.5, 0.6) is 0 Å². The number of carboxylic acids is 1. The number of nitrogens with zero attached hydrogens (tertiary/aromatic N) is 2. The van der Waals surface area contributed by atoms with Gasteiger partial charge in [-0.3, -0.25) is 9.59 Å². The van der Waals surface area contributed by atoms with E-state index in [4.69, 9.17) is 4.52 Å². The number of hydrogen-bond acceptors (Lipinski definition) is 5. The molecule has 29 heavy (non-hydrogen) atoms. The van der Waals surface area contributed by atoms with Crippen LogP contribution in [0.4, 0.5) is 0 Å². The first-order valence-corrected chi connectivity index (χ1v) is 10.5. The number of amides is 1. The molecule has 7 heteroatoms. The average Bonchev–Trinajstić information content (AvgIpc) is 3.23. The van der Waals surface area contributed by atoms with E-state index in [-0.39, 0.29) is 24.1 Å². The number of carbonyl (C=O) groups excluding carboxylic acids is 1. The Morgan fingerprint density at radius 1 is 1.17 bits per heavy atom. The van der Waals surface area contributed by atoms with Crippen molar-refractivity contribution in [2.45, 2.75) is 70.3 Å². The fourth-order valence-corrected chi connectivity index (χ4v) is 4.00. The number of hydrogen-bond donors (Lipinski definition) is 2. The summed E-state index contributed by atoms with van der Waals surface area (Å²) in [6, 6.07) is 9.54. The van der Waals surface area contributed by atoms with Gasteiger partial charge in [-0.25, -0.2) is 0 Å². The molecule has 1 aromatic heterocycles. The maximum atomic E-state index is 12.3. The van der Waals surface area contributed by atoms with Crippen LogP contribution in [0.1, 0.15) is 85.8 Å². The van der Waals surface area contributed by atoms with E-state index in [0.717, 1.165) is 24.3 Å². The Bertz CT molecular complexity index is 784. The molecule has 1 saturated carbocycles. The van der Waals surface area contributed by atoms with Gasteiger partial charge >= 0.3 is 5.97 Å². The first-order valence-electron chi connectivity index (χ1n) is 10.5. The number of carbonyl (C=O) groups is 2. The molecule has 1 heterocycles. The lowest BCUT2D eigenvalue weighted by Gasteiger charge is -2.21. The number of rotatable bonds is 10. The van der Waals surface area contributed by atoms with Crippen molar-refractivity contribution in [3.05, 3.63) is 47.6 Å². The van der Waals surface area contributed by atoms with Gasteiger partial charge in [0.15, 0.2) is 0 Å². The minimum atomic E-state index is -0.902. The third kappa shape index (κ3) is 6.69.